The highest BCUT2D eigenvalue weighted by Gasteiger charge is 2.35. The molecule has 6 heteroatoms. The molecule has 1 aromatic heterocycles. The molecule has 1 saturated heterocycles. The highest BCUT2D eigenvalue weighted by molar-refractivity contribution is 6.32. The zero-order chi connectivity index (χ0) is 19.1. The average Bonchev–Trinajstić information content (AvgIpc) is 3.13. The number of hydrogen-bond acceptors (Lipinski definition) is 2. The number of nitrogens with zero attached hydrogens (tertiary/aromatic N) is 2. The highest BCUT2D eigenvalue weighted by atomic mass is 35.5. The number of hydrogen-bond donors (Lipinski definition) is 1. The lowest BCUT2D eigenvalue weighted by Crippen LogP contribution is -2.30. The summed E-state index contributed by atoms with van der Waals surface area (Å²) in [4.78, 5) is 26.3. The topological polar surface area (TPSA) is 54.3 Å². The fraction of sp³-hybridized carbons (Fsp3) is 0.143. The van der Waals surface area contributed by atoms with Crippen LogP contribution in [0.2, 0.25) is 5.02 Å². The molecule has 3 amide bonds. The molecule has 2 aromatic carbocycles. The van der Waals surface area contributed by atoms with Gasteiger partial charge in [0.2, 0.25) is 0 Å². The number of amides is 3. The molecule has 3 aromatic rings. The lowest BCUT2D eigenvalue weighted by atomic mass is 10.1. The SMILES string of the molecule is CC(C)n1cc(C=C2NC(=O)N(c3cccc(Cl)c3)C2=O)c2ccccc21. The third-order valence-electron chi connectivity index (χ3n) is 4.57. The van der Waals surface area contributed by atoms with E-state index >= 15 is 0 Å². The van der Waals surface area contributed by atoms with Gasteiger partial charge in [0.1, 0.15) is 5.70 Å². The van der Waals surface area contributed by atoms with E-state index in [4.69, 9.17) is 11.6 Å². The van der Waals surface area contributed by atoms with Crippen LogP contribution >= 0.6 is 11.6 Å². The lowest BCUT2D eigenvalue weighted by Gasteiger charge is -2.11. The third kappa shape index (κ3) is 3.00. The van der Waals surface area contributed by atoms with E-state index in [0.717, 1.165) is 21.4 Å². The van der Waals surface area contributed by atoms with Crippen molar-refractivity contribution in [3.8, 4) is 0 Å². The first-order chi connectivity index (χ1) is 13.0. The monoisotopic (exact) mass is 379 g/mol. The van der Waals surface area contributed by atoms with Crippen LogP contribution in [0.5, 0.6) is 0 Å². The van der Waals surface area contributed by atoms with E-state index in [1.807, 2.05) is 30.5 Å². The zero-order valence-corrected chi connectivity index (χ0v) is 15.7. The quantitative estimate of drug-likeness (QED) is 0.515. The standard InChI is InChI=1S/C21H18ClN3O2/c1-13(2)24-12-14(17-8-3-4-9-19(17)24)10-18-20(26)25(21(27)23-18)16-7-5-6-15(22)11-16/h3-13H,1-2H3,(H,23,27). The third-order valence-corrected chi connectivity index (χ3v) is 4.81. The van der Waals surface area contributed by atoms with Gasteiger partial charge in [-0.1, -0.05) is 35.9 Å². The van der Waals surface area contributed by atoms with E-state index in [9.17, 15) is 9.59 Å². The Hall–Kier alpha value is -3.05. The van der Waals surface area contributed by atoms with Crippen LogP contribution in [-0.4, -0.2) is 16.5 Å². The number of halogens is 1. The summed E-state index contributed by atoms with van der Waals surface area (Å²) in [6.45, 7) is 4.21. The number of benzene rings is 2. The van der Waals surface area contributed by atoms with Crippen LogP contribution in [0.4, 0.5) is 10.5 Å². The fourth-order valence-corrected chi connectivity index (χ4v) is 3.50. The van der Waals surface area contributed by atoms with Crippen molar-refractivity contribution in [3.63, 3.8) is 0 Å². The molecule has 27 heavy (non-hydrogen) atoms. The molecule has 136 valence electrons. The summed E-state index contributed by atoms with van der Waals surface area (Å²) in [6, 6.07) is 14.5. The summed E-state index contributed by atoms with van der Waals surface area (Å²) in [6.07, 6.45) is 3.73. The first-order valence-corrected chi connectivity index (χ1v) is 9.06. The number of carbonyl (C=O) groups excluding carboxylic acids is 2. The van der Waals surface area contributed by atoms with Gasteiger partial charge in [-0.25, -0.2) is 9.69 Å². The summed E-state index contributed by atoms with van der Waals surface area (Å²) in [5.41, 5.74) is 2.66. The van der Waals surface area contributed by atoms with Crippen molar-refractivity contribution in [1.82, 2.24) is 9.88 Å². The van der Waals surface area contributed by atoms with Crippen molar-refractivity contribution in [2.45, 2.75) is 19.9 Å². The molecule has 4 rings (SSSR count). The predicted molar refractivity (Wildman–Crippen MR) is 108 cm³/mol. The second-order valence-electron chi connectivity index (χ2n) is 6.71. The van der Waals surface area contributed by atoms with Crippen LogP contribution < -0.4 is 10.2 Å². The van der Waals surface area contributed by atoms with Gasteiger partial charge in [0.25, 0.3) is 5.91 Å². The number of nitrogens with one attached hydrogen (secondary N) is 1. The minimum absolute atomic E-state index is 0.242. The Kier molecular flexibility index (Phi) is 4.24. The molecule has 1 aliphatic rings. The fourth-order valence-electron chi connectivity index (χ4n) is 3.31. The van der Waals surface area contributed by atoms with Crippen molar-refractivity contribution in [2.75, 3.05) is 4.90 Å². The molecule has 0 bridgehead atoms. The van der Waals surface area contributed by atoms with E-state index in [0.29, 0.717) is 10.7 Å². The van der Waals surface area contributed by atoms with Gasteiger partial charge in [0.05, 0.1) is 5.69 Å². The zero-order valence-electron chi connectivity index (χ0n) is 14.9. The second kappa shape index (κ2) is 6.59. The Morgan fingerprint density at radius 1 is 1.07 bits per heavy atom. The molecular formula is C21H18ClN3O2. The molecule has 5 nitrogen and oxygen atoms in total. The maximum Gasteiger partial charge on any atom is 0.333 e. The number of fused-ring (bicyclic) bond motifs is 1. The lowest BCUT2D eigenvalue weighted by molar-refractivity contribution is -0.113. The molecule has 1 fully saturated rings. The van der Waals surface area contributed by atoms with Gasteiger partial charge in [0.15, 0.2) is 0 Å². The highest BCUT2D eigenvalue weighted by Crippen LogP contribution is 2.29. The number of carbonyl (C=O) groups is 2. The van der Waals surface area contributed by atoms with Crippen LogP contribution in [0.25, 0.3) is 17.0 Å². The Morgan fingerprint density at radius 2 is 1.85 bits per heavy atom. The van der Waals surface area contributed by atoms with Gasteiger partial charge in [-0.3, -0.25) is 4.79 Å². The summed E-state index contributed by atoms with van der Waals surface area (Å²) in [7, 11) is 0. The van der Waals surface area contributed by atoms with E-state index in [2.05, 4.69) is 23.7 Å². The molecule has 0 spiro atoms. The maximum absolute atomic E-state index is 12.8. The van der Waals surface area contributed by atoms with Crippen LogP contribution in [0.15, 0.2) is 60.4 Å². The Labute approximate surface area is 161 Å². The maximum atomic E-state index is 12.8. The Morgan fingerprint density at radius 3 is 2.59 bits per heavy atom. The second-order valence-corrected chi connectivity index (χ2v) is 7.15. The van der Waals surface area contributed by atoms with E-state index in [1.165, 1.54) is 0 Å². The van der Waals surface area contributed by atoms with Gasteiger partial charge < -0.3 is 9.88 Å². The van der Waals surface area contributed by atoms with Crippen LogP contribution in [0, 0.1) is 0 Å². The molecule has 1 N–H and O–H groups in total. The van der Waals surface area contributed by atoms with E-state index in [-0.39, 0.29) is 11.7 Å². The van der Waals surface area contributed by atoms with Crippen LogP contribution in [-0.2, 0) is 4.79 Å². The minimum atomic E-state index is -0.485. The van der Waals surface area contributed by atoms with Crippen LogP contribution in [0.3, 0.4) is 0 Å². The number of urea groups is 1. The Bertz CT molecular complexity index is 1100. The van der Waals surface area contributed by atoms with Crippen LogP contribution in [0.1, 0.15) is 25.5 Å². The number of anilines is 1. The molecule has 0 aliphatic carbocycles. The van der Waals surface area contributed by atoms with Crippen molar-refractivity contribution in [1.29, 1.82) is 0 Å². The normalized spacial score (nSPS) is 16.0. The minimum Gasteiger partial charge on any atom is -0.344 e. The molecule has 0 radical (unpaired) electrons. The van der Waals surface area contributed by atoms with Gasteiger partial charge in [-0.05, 0) is 44.2 Å². The van der Waals surface area contributed by atoms with Gasteiger partial charge >= 0.3 is 6.03 Å². The summed E-state index contributed by atoms with van der Waals surface area (Å²) in [5.74, 6) is -0.399. The molecule has 2 heterocycles. The van der Waals surface area contributed by atoms with Crippen molar-refractivity contribution in [2.24, 2.45) is 0 Å². The summed E-state index contributed by atoms with van der Waals surface area (Å²) >= 11 is 6.00. The van der Waals surface area contributed by atoms with Crippen molar-refractivity contribution < 1.29 is 9.59 Å². The molecular weight excluding hydrogens is 362 g/mol. The number of aromatic nitrogens is 1. The van der Waals surface area contributed by atoms with Crippen molar-refractivity contribution >= 4 is 46.2 Å². The first kappa shape index (κ1) is 17.4. The van der Waals surface area contributed by atoms with Gasteiger partial charge in [0, 0.05) is 33.7 Å². The summed E-state index contributed by atoms with van der Waals surface area (Å²) in [5, 5.41) is 4.16. The number of rotatable bonds is 3. The first-order valence-electron chi connectivity index (χ1n) is 8.68. The van der Waals surface area contributed by atoms with Gasteiger partial charge in [-0.2, -0.15) is 0 Å². The summed E-state index contributed by atoms with van der Waals surface area (Å²) < 4.78 is 2.15. The van der Waals surface area contributed by atoms with Gasteiger partial charge in [-0.15, -0.1) is 0 Å². The smallest absolute Gasteiger partial charge is 0.333 e. The van der Waals surface area contributed by atoms with Crippen molar-refractivity contribution in [3.05, 3.63) is 71.0 Å². The molecule has 1 aliphatic heterocycles. The Balaban J connectivity index is 1.77. The number of para-hydroxylation sites is 1. The molecule has 0 atom stereocenters. The molecule has 0 saturated carbocycles. The average molecular weight is 380 g/mol. The van der Waals surface area contributed by atoms with E-state index < -0.39 is 11.9 Å². The largest absolute Gasteiger partial charge is 0.344 e. The molecule has 0 unspecified atom stereocenters. The predicted octanol–water partition coefficient (Wildman–Crippen LogP) is 4.97. The van der Waals surface area contributed by atoms with E-state index in [1.54, 1.807) is 30.3 Å². The number of imide groups is 1.